The van der Waals surface area contributed by atoms with E-state index in [4.69, 9.17) is 4.74 Å². The number of aromatic nitrogens is 2. The zero-order chi connectivity index (χ0) is 21.3. The molecule has 4 heterocycles. The molecule has 0 aliphatic carbocycles. The molecular weight excluding hydrogens is 380 g/mol. The van der Waals surface area contributed by atoms with Crippen LogP contribution in [0.25, 0.3) is 0 Å². The first-order chi connectivity index (χ1) is 14.4. The van der Waals surface area contributed by atoms with Gasteiger partial charge in [-0.15, -0.1) is 0 Å². The summed E-state index contributed by atoms with van der Waals surface area (Å²) in [6.45, 7) is 7.80. The summed E-state index contributed by atoms with van der Waals surface area (Å²) in [6, 6.07) is -0.322. The molecule has 0 bridgehead atoms. The number of rotatable bonds is 4. The van der Waals surface area contributed by atoms with Crippen molar-refractivity contribution in [3.8, 4) is 0 Å². The highest BCUT2D eigenvalue weighted by molar-refractivity contribution is 5.89. The minimum absolute atomic E-state index is 0.112. The van der Waals surface area contributed by atoms with Crippen molar-refractivity contribution in [2.24, 2.45) is 12.5 Å². The lowest BCUT2D eigenvalue weighted by atomic mass is 9.67. The van der Waals surface area contributed by atoms with Gasteiger partial charge in [-0.2, -0.15) is 5.10 Å². The lowest BCUT2D eigenvalue weighted by Crippen LogP contribution is -2.62. The first-order valence-corrected chi connectivity index (χ1v) is 11.6. The van der Waals surface area contributed by atoms with Gasteiger partial charge in [0, 0.05) is 57.4 Å². The van der Waals surface area contributed by atoms with E-state index in [0.717, 1.165) is 68.6 Å². The smallest absolute Gasteiger partial charge is 0.245 e. The number of likely N-dealkylation sites (tertiary alicyclic amines) is 2. The van der Waals surface area contributed by atoms with E-state index in [9.17, 15) is 9.59 Å². The molecule has 2 amide bonds. The number of aryl methyl sites for hydroxylation is 2. The highest BCUT2D eigenvalue weighted by Crippen LogP contribution is 2.45. The molecule has 1 unspecified atom stereocenters. The van der Waals surface area contributed by atoms with E-state index in [1.54, 1.807) is 0 Å². The molecule has 7 heteroatoms. The minimum Gasteiger partial charge on any atom is -0.381 e. The summed E-state index contributed by atoms with van der Waals surface area (Å²) >= 11 is 0. The number of amides is 2. The summed E-state index contributed by atoms with van der Waals surface area (Å²) < 4.78 is 7.52. The van der Waals surface area contributed by atoms with Crippen LogP contribution in [0.5, 0.6) is 0 Å². The highest BCUT2D eigenvalue weighted by Gasteiger charge is 2.51. The number of carbonyl (C=O) groups is 2. The summed E-state index contributed by atoms with van der Waals surface area (Å²) in [6.07, 6.45) is 7.00. The Hall–Kier alpha value is -1.89. The summed E-state index contributed by atoms with van der Waals surface area (Å²) in [5.74, 6) is 0.289. The molecule has 0 N–H and O–H groups in total. The van der Waals surface area contributed by atoms with Crippen LogP contribution in [0.4, 0.5) is 0 Å². The number of hydrogen-bond donors (Lipinski definition) is 0. The van der Waals surface area contributed by atoms with Gasteiger partial charge in [0.25, 0.3) is 0 Å². The Kier molecular flexibility index (Phi) is 6.19. The Labute approximate surface area is 179 Å². The molecule has 3 fully saturated rings. The molecule has 0 radical (unpaired) electrons. The van der Waals surface area contributed by atoms with Gasteiger partial charge in [-0.3, -0.25) is 14.3 Å². The number of piperidine rings is 1. The van der Waals surface area contributed by atoms with Crippen molar-refractivity contribution < 1.29 is 14.3 Å². The fraction of sp³-hybridized carbons (Fsp3) is 0.783. The highest BCUT2D eigenvalue weighted by atomic mass is 16.5. The van der Waals surface area contributed by atoms with Gasteiger partial charge in [0.15, 0.2) is 0 Å². The van der Waals surface area contributed by atoms with Crippen molar-refractivity contribution >= 4 is 11.8 Å². The molecule has 4 rings (SSSR count). The molecule has 0 saturated carbocycles. The van der Waals surface area contributed by atoms with Crippen molar-refractivity contribution in [3.63, 3.8) is 0 Å². The molecule has 166 valence electrons. The molecule has 7 nitrogen and oxygen atoms in total. The summed E-state index contributed by atoms with van der Waals surface area (Å²) in [7, 11) is 1.94. The molecule has 1 spiro atoms. The molecule has 3 aliphatic heterocycles. The van der Waals surface area contributed by atoms with E-state index in [-0.39, 0.29) is 23.3 Å². The van der Waals surface area contributed by atoms with Gasteiger partial charge in [-0.1, -0.05) is 0 Å². The Morgan fingerprint density at radius 1 is 1.07 bits per heavy atom. The third kappa shape index (κ3) is 3.88. The third-order valence-electron chi connectivity index (χ3n) is 7.67. The Balaban J connectivity index is 1.55. The first kappa shape index (κ1) is 21.3. The predicted octanol–water partition coefficient (Wildman–Crippen LogP) is 2.38. The van der Waals surface area contributed by atoms with Gasteiger partial charge in [0.2, 0.25) is 11.8 Å². The summed E-state index contributed by atoms with van der Waals surface area (Å²) in [4.78, 5) is 31.0. The van der Waals surface area contributed by atoms with Crippen LogP contribution in [-0.2, 0) is 27.8 Å². The monoisotopic (exact) mass is 416 g/mol. The summed E-state index contributed by atoms with van der Waals surface area (Å²) in [5.41, 5.74) is 3.15. The van der Waals surface area contributed by atoms with Gasteiger partial charge < -0.3 is 14.5 Å². The van der Waals surface area contributed by atoms with Crippen LogP contribution < -0.4 is 0 Å². The molecule has 1 atom stereocenters. The van der Waals surface area contributed by atoms with Crippen molar-refractivity contribution in [3.05, 3.63) is 17.0 Å². The van der Waals surface area contributed by atoms with Crippen molar-refractivity contribution in [1.29, 1.82) is 0 Å². The second-order valence-corrected chi connectivity index (χ2v) is 9.37. The topological polar surface area (TPSA) is 67.7 Å². The third-order valence-corrected chi connectivity index (χ3v) is 7.67. The molecule has 1 aromatic rings. The van der Waals surface area contributed by atoms with Crippen molar-refractivity contribution in [2.45, 2.75) is 71.3 Å². The van der Waals surface area contributed by atoms with E-state index >= 15 is 0 Å². The van der Waals surface area contributed by atoms with Gasteiger partial charge in [-0.25, -0.2) is 0 Å². The second-order valence-electron chi connectivity index (χ2n) is 9.37. The second kappa shape index (κ2) is 8.69. The molecule has 3 aliphatic rings. The Morgan fingerprint density at radius 2 is 1.77 bits per heavy atom. The normalized spacial score (nSPS) is 23.9. The molecule has 30 heavy (non-hydrogen) atoms. The van der Waals surface area contributed by atoms with Crippen LogP contribution in [0, 0.1) is 19.3 Å². The maximum Gasteiger partial charge on any atom is 0.245 e. The Morgan fingerprint density at radius 3 is 2.40 bits per heavy atom. The lowest BCUT2D eigenvalue weighted by Gasteiger charge is -2.51. The predicted molar refractivity (Wildman–Crippen MR) is 114 cm³/mol. The van der Waals surface area contributed by atoms with Crippen LogP contribution in [0.15, 0.2) is 0 Å². The summed E-state index contributed by atoms with van der Waals surface area (Å²) in [5, 5.41) is 4.48. The minimum atomic E-state index is -0.322. The van der Waals surface area contributed by atoms with Crippen molar-refractivity contribution in [2.75, 3.05) is 32.8 Å². The molecule has 3 saturated heterocycles. The van der Waals surface area contributed by atoms with Crippen LogP contribution in [0.2, 0.25) is 0 Å². The fourth-order valence-electron chi connectivity index (χ4n) is 5.83. The zero-order valence-corrected chi connectivity index (χ0v) is 18.8. The van der Waals surface area contributed by atoms with Gasteiger partial charge in [-0.05, 0) is 64.4 Å². The average molecular weight is 417 g/mol. The maximum atomic E-state index is 13.7. The van der Waals surface area contributed by atoms with Crippen LogP contribution >= 0.6 is 0 Å². The number of ether oxygens (including phenoxy) is 1. The van der Waals surface area contributed by atoms with E-state index in [2.05, 4.69) is 12.0 Å². The molecule has 0 aromatic carbocycles. The molecular formula is C23H36N4O3. The number of carbonyl (C=O) groups excluding carboxylic acids is 2. The largest absolute Gasteiger partial charge is 0.381 e. The maximum absolute atomic E-state index is 13.7. The number of nitrogens with zero attached hydrogens (tertiary/aromatic N) is 4. The quantitative estimate of drug-likeness (QED) is 0.756. The van der Waals surface area contributed by atoms with E-state index in [0.29, 0.717) is 32.6 Å². The standard InChI is InChI=1S/C23H36N4O3/c1-17-19(18(2)25(3)24-17)7-8-20(28)27-14-6-9-23(10-15-30-16-11-23)21(27)22(29)26-12-4-5-13-26/h21H,4-16H2,1-3H3. The average Bonchev–Trinajstić information content (AvgIpc) is 3.35. The zero-order valence-electron chi connectivity index (χ0n) is 18.8. The molecule has 1 aromatic heterocycles. The van der Waals surface area contributed by atoms with Gasteiger partial charge in [0.05, 0.1) is 5.69 Å². The van der Waals surface area contributed by atoms with Crippen LogP contribution in [-0.4, -0.2) is 70.3 Å². The van der Waals surface area contributed by atoms with Gasteiger partial charge >= 0.3 is 0 Å². The van der Waals surface area contributed by atoms with Gasteiger partial charge in [0.1, 0.15) is 6.04 Å². The van der Waals surface area contributed by atoms with E-state index < -0.39 is 0 Å². The van der Waals surface area contributed by atoms with Crippen molar-refractivity contribution in [1.82, 2.24) is 19.6 Å². The van der Waals surface area contributed by atoms with E-state index in [1.165, 1.54) is 0 Å². The SMILES string of the molecule is Cc1nn(C)c(C)c1CCC(=O)N1CCCC2(CCOCC2)C1C(=O)N1CCCC1. The Bertz CT molecular complexity index is 785. The first-order valence-electron chi connectivity index (χ1n) is 11.6. The van der Waals surface area contributed by atoms with Crippen LogP contribution in [0.1, 0.15) is 61.9 Å². The van der Waals surface area contributed by atoms with E-state index in [1.807, 2.05) is 28.5 Å². The lowest BCUT2D eigenvalue weighted by molar-refractivity contribution is -0.160. The van der Waals surface area contributed by atoms with Crippen LogP contribution in [0.3, 0.4) is 0 Å². The fourth-order valence-corrected chi connectivity index (χ4v) is 5.83. The number of hydrogen-bond acceptors (Lipinski definition) is 4.